The van der Waals surface area contributed by atoms with Crippen LogP contribution in [0.3, 0.4) is 0 Å². The average molecular weight is 465 g/mol. The fourth-order valence-corrected chi connectivity index (χ4v) is 4.94. The summed E-state index contributed by atoms with van der Waals surface area (Å²) in [6.45, 7) is 0.511. The summed E-state index contributed by atoms with van der Waals surface area (Å²) >= 11 is 0. The van der Waals surface area contributed by atoms with Gasteiger partial charge in [-0.25, -0.2) is 14.8 Å². The molecule has 0 spiro atoms. The fraction of sp³-hybridized carbons (Fsp3) is 0.444. The Labute approximate surface area is 200 Å². The highest BCUT2D eigenvalue weighted by molar-refractivity contribution is 5.95. The number of imide groups is 1. The third-order valence-corrected chi connectivity index (χ3v) is 6.71. The van der Waals surface area contributed by atoms with Crippen molar-refractivity contribution in [3.05, 3.63) is 71.8 Å². The highest BCUT2D eigenvalue weighted by atomic mass is 16.7. The zero-order valence-electron chi connectivity index (χ0n) is 19.4. The molecule has 0 radical (unpaired) electrons. The van der Waals surface area contributed by atoms with Crippen molar-refractivity contribution in [1.82, 2.24) is 9.96 Å². The summed E-state index contributed by atoms with van der Waals surface area (Å²) in [6, 6.07) is 19.0. The summed E-state index contributed by atoms with van der Waals surface area (Å²) < 4.78 is 5.28. The number of rotatable bonds is 11. The predicted octanol–water partition coefficient (Wildman–Crippen LogP) is 4.36. The lowest BCUT2D eigenvalue weighted by atomic mass is 9.91. The van der Waals surface area contributed by atoms with E-state index in [-0.39, 0.29) is 31.7 Å². The summed E-state index contributed by atoms with van der Waals surface area (Å²) in [5.41, 5.74) is 1.97. The van der Waals surface area contributed by atoms with Crippen LogP contribution in [0.4, 0.5) is 4.79 Å². The number of cyclic esters (lactones) is 1. The molecule has 180 valence electrons. The Hall–Kier alpha value is -3.19. The number of carbonyl (C=O) groups excluding carboxylic acids is 3. The Morgan fingerprint density at radius 2 is 1.71 bits per heavy atom. The van der Waals surface area contributed by atoms with Gasteiger partial charge in [0.2, 0.25) is 12.3 Å². The van der Waals surface area contributed by atoms with Crippen molar-refractivity contribution in [2.24, 2.45) is 11.8 Å². The Morgan fingerprint density at radius 1 is 1.06 bits per heavy atom. The van der Waals surface area contributed by atoms with Crippen molar-refractivity contribution in [2.45, 2.75) is 51.2 Å². The number of hydrogen-bond acceptors (Lipinski definition) is 5. The number of benzene rings is 2. The molecular formula is C27H32N2O5. The second-order valence-electron chi connectivity index (χ2n) is 9.18. The smallest absolute Gasteiger partial charge is 0.416 e. The van der Waals surface area contributed by atoms with E-state index in [2.05, 4.69) is 0 Å². The normalized spacial score (nSPS) is 19.1. The number of amides is 3. The molecule has 2 aromatic carbocycles. The molecule has 0 aromatic heterocycles. The van der Waals surface area contributed by atoms with Gasteiger partial charge in [-0.2, -0.15) is 0 Å². The summed E-state index contributed by atoms with van der Waals surface area (Å²) in [6.07, 6.45) is 5.59. The first-order valence-corrected chi connectivity index (χ1v) is 12.1. The van der Waals surface area contributed by atoms with Crippen LogP contribution in [0.2, 0.25) is 0 Å². The molecule has 2 fully saturated rings. The maximum Gasteiger partial charge on any atom is 0.416 e. The van der Waals surface area contributed by atoms with Crippen LogP contribution in [0.5, 0.6) is 0 Å². The molecule has 2 aromatic rings. The molecule has 0 bridgehead atoms. The second kappa shape index (κ2) is 11.8. The molecule has 7 heteroatoms. The van der Waals surface area contributed by atoms with Crippen molar-refractivity contribution >= 4 is 18.4 Å². The molecule has 0 unspecified atom stereocenters. The van der Waals surface area contributed by atoms with Crippen LogP contribution in [-0.2, 0) is 32.2 Å². The van der Waals surface area contributed by atoms with Crippen LogP contribution in [-0.4, -0.2) is 47.6 Å². The van der Waals surface area contributed by atoms with Crippen LogP contribution in [0.15, 0.2) is 60.7 Å². The van der Waals surface area contributed by atoms with Crippen LogP contribution in [0, 0.1) is 11.8 Å². The van der Waals surface area contributed by atoms with Gasteiger partial charge >= 0.3 is 6.09 Å². The summed E-state index contributed by atoms with van der Waals surface area (Å²) in [7, 11) is 0. The summed E-state index contributed by atoms with van der Waals surface area (Å²) in [5, 5.41) is 1.19. The van der Waals surface area contributed by atoms with Gasteiger partial charge in [0.25, 0.3) is 0 Å². The van der Waals surface area contributed by atoms with Gasteiger partial charge in [-0.05, 0) is 29.9 Å². The van der Waals surface area contributed by atoms with E-state index in [4.69, 9.17) is 9.57 Å². The SMILES string of the molecule is O=CN(C[C@@H](CC1CCCC1)C(=O)N1C(=O)OC[C@@H]1Cc1ccccc1)OCc1ccccc1. The van der Waals surface area contributed by atoms with Gasteiger partial charge in [0.15, 0.2) is 0 Å². The first-order chi connectivity index (χ1) is 16.6. The van der Waals surface area contributed by atoms with Crippen LogP contribution < -0.4 is 0 Å². The Kier molecular flexibility index (Phi) is 8.31. The zero-order chi connectivity index (χ0) is 23.8. The van der Waals surface area contributed by atoms with E-state index in [9.17, 15) is 14.4 Å². The first-order valence-electron chi connectivity index (χ1n) is 12.1. The van der Waals surface area contributed by atoms with Crippen molar-refractivity contribution < 1.29 is 24.0 Å². The highest BCUT2D eigenvalue weighted by Crippen LogP contribution is 2.32. The predicted molar refractivity (Wildman–Crippen MR) is 126 cm³/mol. The van der Waals surface area contributed by atoms with E-state index in [1.54, 1.807) is 0 Å². The third-order valence-electron chi connectivity index (χ3n) is 6.71. The van der Waals surface area contributed by atoms with Crippen molar-refractivity contribution in [3.63, 3.8) is 0 Å². The van der Waals surface area contributed by atoms with Gasteiger partial charge in [-0.3, -0.25) is 14.4 Å². The van der Waals surface area contributed by atoms with Gasteiger partial charge in [0, 0.05) is 0 Å². The van der Waals surface area contributed by atoms with Gasteiger partial charge in [-0.1, -0.05) is 86.3 Å². The zero-order valence-corrected chi connectivity index (χ0v) is 19.4. The lowest BCUT2D eigenvalue weighted by Gasteiger charge is -2.29. The molecule has 1 saturated heterocycles. The largest absolute Gasteiger partial charge is 0.447 e. The molecule has 1 heterocycles. The Bertz CT molecular complexity index is 946. The summed E-state index contributed by atoms with van der Waals surface area (Å²) in [4.78, 5) is 45.1. The molecular weight excluding hydrogens is 432 g/mol. The van der Waals surface area contributed by atoms with Crippen LogP contribution in [0.25, 0.3) is 0 Å². The quantitative estimate of drug-likeness (QED) is 0.365. The number of nitrogens with zero attached hydrogens (tertiary/aromatic N) is 2. The standard InChI is InChI=1S/C27H32N2O5/c30-20-28(34-18-23-13-5-2-6-14-23)17-24(15-21-11-7-8-12-21)26(31)29-25(19-33-27(29)32)16-22-9-3-1-4-10-22/h1-6,9-10,13-14,20-21,24-25H,7-8,11-12,15-19H2/t24-,25+/m1/s1. The third kappa shape index (κ3) is 6.23. The Morgan fingerprint density at radius 3 is 2.35 bits per heavy atom. The molecule has 1 aliphatic carbocycles. The average Bonchev–Trinajstić information content (AvgIpc) is 3.51. The second-order valence-corrected chi connectivity index (χ2v) is 9.18. The molecule has 1 saturated carbocycles. The number of hydroxylamine groups is 2. The Balaban J connectivity index is 1.47. The van der Waals surface area contributed by atoms with E-state index < -0.39 is 12.0 Å². The molecule has 3 amide bonds. The number of hydrogen-bond donors (Lipinski definition) is 0. The molecule has 1 aliphatic heterocycles. The fourth-order valence-electron chi connectivity index (χ4n) is 4.94. The molecule has 4 rings (SSSR count). The summed E-state index contributed by atoms with van der Waals surface area (Å²) in [5.74, 6) is -0.415. The maximum atomic E-state index is 13.7. The molecule has 34 heavy (non-hydrogen) atoms. The van der Waals surface area contributed by atoms with Gasteiger partial charge in [0.1, 0.15) is 13.2 Å². The minimum atomic E-state index is -0.606. The van der Waals surface area contributed by atoms with Gasteiger partial charge in [-0.15, -0.1) is 0 Å². The van der Waals surface area contributed by atoms with Gasteiger partial charge in [0.05, 0.1) is 18.5 Å². The van der Waals surface area contributed by atoms with E-state index in [1.807, 2.05) is 60.7 Å². The van der Waals surface area contributed by atoms with Crippen molar-refractivity contribution in [1.29, 1.82) is 0 Å². The van der Waals surface area contributed by atoms with Crippen LogP contribution >= 0.6 is 0 Å². The minimum Gasteiger partial charge on any atom is -0.447 e. The minimum absolute atomic E-state index is 0.105. The van der Waals surface area contributed by atoms with E-state index in [1.165, 1.54) is 9.96 Å². The molecule has 2 atom stereocenters. The van der Waals surface area contributed by atoms with E-state index >= 15 is 0 Å². The first kappa shape index (κ1) is 24.0. The van der Waals surface area contributed by atoms with Crippen molar-refractivity contribution in [2.75, 3.05) is 13.2 Å². The van der Waals surface area contributed by atoms with Crippen molar-refractivity contribution in [3.8, 4) is 0 Å². The topological polar surface area (TPSA) is 76.2 Å². The van der Waals surface area contributed by atoms with E-state index in [0.29, 0.717) is 25.2 Å². The molecule has 7 nitrogen and oxygen atoms in total. The van der Waals surface area contributed by atoms with Crippen LogP contribution in [0.1, 0.15) is 43.2 Å². The highest BCUT2D eigenvalue weighted by Gasteiger charge is 2.42. The van der Waals surface area contributed by atoms with E-state index in [0.717, 1.165) is 36.8 Å². The number of ether oxygens (including phenoxy) is 1. The monoisotopic (exact) mass is 464 g/mol. The lowest BCUT2D eigenvalue weighted by molar-refractivity contribution is -0.183. The lowest BCUT2D eigenvalue weighted by Crippen LogP contribution is -2.46. The van der Waals surface area contributed by atoms with Gasteiger partial charge < -0.3 is 4.74 Å². The number of carbonyl (C=O) groups is 3. The molecule has 0 N–H and O–H groups in total. The maximum absolute atomic E-state index is 13.7. The molecule has 2 aliphatic rings.